The van der Waals surface area contributed by atoms with Gasteiger partial charge in [0.25, 0.3) is 0 Å². The predicted octanol–water partition coefficient (Wildman–Crippen LogP) is 13.4. The Morgan fingerprint density at radius 3 is 0.770 bits per heavy atom. The highest BCUT2D eigenvalue weighted by molar-refractivity contribution is 5.86. The Labute approximate surface area is 357 Å². The number of rotatable bonds is 9. The van der Waals surface area contributed by atoms with Gasteiger partial charge in [0.15, 0.2) is 0 Å². The van der Waals surface area contributed by atoms with Gasteiger partial charge in [0.1, 0.15) is 0 Å². The Kier molecular flexibility index (Phi) is 10.5. The van der Waals surface area contributed by atoms with Crippen LogP contribution in [0.4, 0.5) is 17.1 Å². The number of hydrogen-bond acceptors (Lipinski definition) is 7. The van der Waals surface area contributed by atoms with Crippen LogP contribution in [0.25, 0.3) is 67.9 Å². The van der Waals surface area contributed by atoms with Crippen LogP contribution in [0, 0.1) is 41.5 Å². The Morgan fingerprint density at radius 2 is 0.525 bits per heavy atom. The van der Waals surface area contributed by atoms with Gasteiger partial charge in [0, 0.05) is 52.3 Å². The molecule has 0 spiro atoms. The van der Waals surface area contributed by atoms with Crippen molar-refractivity contribution in [2.75, 3.05) is 4.90 Å². The molecule has 0 aliphatic heterocycles. The van der Waals surface area contributed by atoms with Crippen molar-refractivity contribution in [1.82, 2.24) is 29.9 Å². The minimum Gasteiger partial charge on any atom is -0.310 e. The standard InChI is InChI=1S/C54H45N7/c1-34-28-40(29-35(2)52(34)49-22-13-19-46(58-49)43-16-7-10-25-55-43)61(41-30-36(3)53(37(4)31-41)50-23-14-20-47(59-50)44-17-8-11-26-56-44)42-32-38(5)54(39(6)33-42)51-24-15-21-48(60-51)45-18-9-12-27-57-45/h7-33H,1-6H3. The average molecular weight is 792 g/mol. The molecule has 0 atom stereocenters. The molecule has 0 saturated heterocycles. The summed E-state index contributed by atoms with van der Waals surface area (Å²) in [6, 6.07) is 50.0. The molecule has 0 amide bonds. The zero-order valence-electron chi connectivity index (χ0n) is 35.2. The van der Waals surface area contributed by atoms with Gasteiger partial charge in [0.05, 0.1) is 51.2 Å². The second-order valence-corrected chi connectivity index (χ2v) is 15.6. The van der Waals surface area contributed by atoms with Crippen LogP contribution in [-0.4, -0.2) is 29.9 Å². The number of aromatic nitrogens is 6. The fourth-order valence-electron chi connectivity index (χ4n) is 8.56. The molecular formula is C54H45N7. The smallest absolute Gasteiger partial charge is 0.0893 e. The van der Waals surface area contributed by atoms with Crippen molar-refractivity contribution in [2.24, 2.45) is 0 Å². The van der Waals surface area contributed by atoms with E-state index < -0.39 is 0 Å². The maximum absolute atomic E-state index is 5.10. The molecular weight excluding hydrogens is 747 g/mol. The third-order valence-corrected chi connectivity index (χ3v) is 11.1. The van der Waals surface area contributed by atoms with Gasteiger partial charge < -0.3 is 4.90 Å². The third-order valence-electron chi connectivity index (χ3n) is 11.1. The summed E-state index contributed by atoms with van der Waals surface area (Å²) < 4.78 is 0. The molecule has 0 bridgehead atoms. The second kappa shape index (κ2) is 16.5. The van der Waals surface area contributed by atoms with Gasteiger partial charge in [0.2, 0.25) is 0 Å². The molecule has 61 heavy (non-hydrogen) atoms. The third kappa shape index (κ3) is 7.81. The minimum absolute atomic E-state index is 0.847. The number of pyridine rings is 6. The summed E-state index contributed by atoms with van der Waals surface area (Å²) in [6.07, 6.45) is 5.42. The summed E-state index contributed by atoms with van der Waals surface area (Å²) in [5.74, 6) is 0. The van der Waals surface area contributed by atoms with Crippen molar-refractivity contribution < 1.29 is 0 Å². The maximum atomic E-state index is 5.10. The van der Waals surface area contributed by atoms with Crippen LogP contribution < -0.4 is 4.90 Å². The summed E-state index contributed by atoms with van der Waals surface area (Å²) in [5.41, 5.74) is 21.2. The molecule has 7 heteroatoms. The number of anilines is 3. The summed E-state index contributed by atoms with van der Waals surface area (Å²) in [6.45, 7) is 13.1. The summed E-state index contributed by atoms with van der Waals surface area (Å²) in [7, 11) is 0. The Morgan fingerprint density at radius 1 is 0.279 bits per heavy atom. The molecule has 6 heterocycles. The van der Waals surface area contributed by atoms with Crippen molar-refractivity contribution in [3.8, 4) is 67.9 Å². The van der Waals surface area contributed by atoms with E-state index in [-0.39, 0.29) is 0 Å². The molecule has 9 rings (SSSR count). The highest BCUT2D eigenvalue weighted by Crippen LogP contribution is 2.43. The Balaban J connectivity index is 1.17. The second-order valence-electron chi connectivity index (χ2n) is 15.6. The lowest BCUT2D eigenvalue weighted by Gasteiger charge is -2.29. The van der Waals surface area contributed by atoms with Gasteiger partial charge in [-0.25, -0.2) is 15.0 Å². The van der Waals surface area contributed by atoms with Gasteiger partial charge >= 0.3 is 0 Å². The molecule has 6 aromatic heterocycles. The largest absolute Gasteiger partial charge is 0.310 e. The molecule has 7 nitrogen and oxygen atoms in total. The molecule has 0 saturated carbocycles. The first-order chi connectivity index (χ1) is 29.7. The van der Waals surface area contributed by atoms with Crippen LogP contribution in [0.2, 0.25) is 0 Å². The van der Waals surface area contributed by atoms with E-state index >= 15 is 0 Å². The molecule has 3 aromatic carbocycles. The Bertz CT molecular complexity index is 2640. The van der Waals surface area contributed by atoms with E-state index in [4.69, 9.17) is 15.0 Å². The number of aryl methyl sites for hydroxylation is 6. The summed E-state index contributed by atoms with van der Waals surface area (Å²) in [5, 5.41) is 0. The first kappa shape index (κ1) is 38.9. The average Bonchev–Trinajstić information content (AvgIpc) is 3.27. The monoisotopic (exact) mass is 791 g/mol. The SMILES string of the molecule is Cc1cc(N(c2cc(C)c(-c3cccc(-c4ccccn4)n3)c(C)c2)c2cc(C)c(-c3cccc(-c4ccccn4)n3)c(C)c2)cc(C)c1-c1cccc(-c2ccccn2)n1. The van der Waals surface area contributed by atoms with E-state index in [9.17, 15) is 0 Å². The Hall–Kier alpha value is -7.64. The van der Waals surface area contributed by atoms with Crippen molar-refractivity contribution in [3.05, 3.63) is 198 Å². The van der Waals surface area contributed by atoms with Crippen molar-refractivity contribution in [1.29, 1.82) is 0 Å². The molecule has 0 aliphatic rings. The lowest BCUT2D eigenvalue weighted by Crippen LogP contribution is -2.13. The van der Waals surface area contributed by atoms with Crippen LogP contribution in [0.1, 0.15) is 33.4 Å². The van der Waals surface area contributed by atoms with E-state index in [2.05, 4.69) is 134 Å². The van der Waals surface area contributed by atoms with Crippen molar-refractivity contribution >= 4 is 17.1 Å². The van der Waals surface area contributed by atoms with Crippen LogP contribution in [0.3, 0.4) is 0 Å². The van der Waals surface area contributed by atoms with E-state index in [1.165, 1.54) is 0 Å². The zero-order chi connectivity index (χ0) is 42.0. The molecule has 9 aromatic rings. The van der Waals surface area contributed by atoms with Crippen LogP contribution >= 0.6 is 0 Å². The molecule has 0 fully saturated rings. The highest BCUT2D eigenvalue weighted by atomic mass is 15.1. The molecule has 0 aliphatic carbocycles. The van der Waals surface area contributed by atoms with E-state index in [0.717, 1.165) is 118 Å². The van der Waals surface area contributed by atoms with E-state index in [0.29, 0.717) is 0 Å². The fourth-order valence-corrected chi connectivity index (χ4v) is 8.56. The molecule has 0 radical (unpaired) electrons. The maximum Gasteiger partial charge on any atom is 0.0893 e. The van der Waals surface area contributed by atoms with Gasteiger partial charge in [-0.05, 0) is 184 Å². The van der Waals surface area contributed by atoms with Gasteiger partial charge in [-0.1, -0.05) is 36.4 Å². The van der Waals surface area contributed by atoms with Crippen LogP contribution in [-0.2, 0) is 0 Å². The summed E-state index contributed by atoms with van der Waals surface area (Å²) >= 11 is 0. The fraction of sp³-hybridized carbons (Fsp3) is 0.111. The van der Waals surface area contributed by atoms with E-state index in [1.54, 1.807) is 18.6 Å². The predicted molar refractivity (Wildman–Crippen MR) is 249 cm³/mol. The topological polar surface area (TPSA) is 80.6 Å². The normalized spacial score (nSPS) is 11.1. The van der Waals surface area contributed by atoms with E-state index in [1.807, 2.05) is 72.8 Å². The minimum atomic E-state index is 0.847. The lowest BCUT2D eigenvalue weighted by molar-refractivity contribution is 1.20. The molecule has 0 unspecified atom stereocenters. The van der Waals surface area contributed by atoms with Crippen LogP contribution in [0.5, 0.6) is 0 Å². The lowest BCUT2D eigenvalue weighted by atomic mass is 9.94. The van der Waals surface area contributed by atoms with Crippen LogP contribution in [0.15, 0.2) is 164 Å². The first-order valence-corrected chi connectivity index (χ1v) is 20.5. The zero-order valence-corrected chi connectivity index (χ0v) is 35.2. The molecule has 0 N–H and O–H groups in total. The highest BCUT2D eigenvalue weighted by Gasteiger charge is 2.22. The first-order valence-electron chi connectivity index (χ1n) is 20.5. The molecule has 296 valence electrons. The van der Waals surface area contributed by atoms with Gasteiger partial charge in [-0.2, -0.15) is 0 Å². The van der Waals surface area contributed by atoms with Gasteiger partial charge in [-0.3, -0.25) is 15.0 Å². The van der Waals surface area contributed by atoms with Crippen molar-refractivity contribution in [3.63, 3.8) is 0 Å². The number of hydrogen-bond donors (Lipinski definition) is 0. The number of benzene rings is 3. The van der Waals surface area contributed by atoms with Gasteiger partial charge in [-0.15, -0.1) is 0 Å². The number of nitrogens with zero attached hydrogens (tertiary/aromatic N) is 7. The summed E-state index contributed by atoms with van der Waals surface area (Å²) in [4.78, 5) is 31.4. The quantitative estimate of drug-likeness (QED) is 0.144. The van der Waals surface area contributed by atoms with Crippen molar-refractivity contribution in [2.45, 2.75) is 41.5 Å².